The van der Waals surface area contributed by atoms with E-state index in [2.05, 4.69) is 27.2 Å². The van der Waals surface area contributed by atoms with Gasteiger partial charge in [-0.1, -0.05) is 21.9 Å². The van der Waals surface area contributed by atoms with Gasteiger partial charge in [-0.25, -0.2) is 4.39 Å². The van der Waals surface area contributed by atoms with Gasteiger partial charge in [0, 0.05) is 10.2 Å². The molecule has 1 fully saturated rings. The SMILES string of the molecule is C#CCOc1cc(Br)c(/C=C2\SC(=O)N(CC(=O)Nc3ccc(F)cc3)C2=O)cc1OCC. The molecule has 1 saturated heterocycles. The van der Waals surface area contributed by atoms with E-state index in [0.29, 0.717) is 33.8 Å². The zero-order chi connectivity index (χ0) is 24.0. The minimum atomic E-state index is -0.600. The molecular formula is C23H18BrFN2O5S. The summed E-state index contributed by atoms with van der Waals surface area (Å²) in [6.45, 7) is 1.79. The quantitative estimate of drug-likeness (QED) is 0.392. The van der Waals surface area contributed by atoms with Crippen molar-refractivity contribution in [3.63, 3.8) is 0 Å². The second-order valence-corrected chi connectivity index (χ2v) is 8.42. The molecule has 0 bridgehead atoms. The highest BCUT2D eigenvalue weighted by Crippen LogP contribution is 2.38. The highest BCUT2D eigenvalue weighted by atomic mass is 79.9. The fourth-order valence-corrected chi connectivity index (χ4v) is 4.08. The van der Waals surface area contributed by atoms with E-state index < -0.39 is 29.4 Å². The second-order valence-electron chi connectivity index (χ2n) is 6.57. The van der Waals surface area contributed by atoms with E-state index in [1.165, 1.54) is 30.3 Å². The van der Waals surface area contributed by atoms with Crippen LogP contribution in [-0.4, -0.2) is 41.7 Å². The van der Waals surface area contributed by atoms with E-state index in [4.69, 9.17) is 15.9 Å². The highest BCUT2D eigenvalue weighted by molar-refractivity contribution is 9.10. The van der Waals surface area contributed by atoms with Gasteiger partial charge >= 0.3 is 0 Å². The predicted molar refractivity (Wildman–Crippen MR) is 127 cm³/mol. The third kappa shape index (κ3) is 6.15. The lowest BCUT2D eigenvalue weighted by molar-refractivity contribution is -0.127. The van der Waals surface area contributed by atoms with Gasteiger partial charge in [-0.2, -0.15) is 0 Å². The minimum absolute atomic E-state index is 0.0603. The molecule has 10 heteroatoms. The number of terminal acetylenes is 1. The number of anilines is 1. The second kappa shape index (κ2) is 11.0. The number of benzene rings is 2. The van der Waals surface area contributed by atoms with Gasteiger partial charge in [0.2, 0.25) is 5.91 Å². The van der Waals surface area contributed by atoms with Crippen molar-refractivity contribution in [2.45, 2.75) is 6.92 Å². The standard InChI is InChI=1S/C23H18BrFN2O5S/c1-3-9-32-19-12-17(24)14(10-18(19)31-4-2)11-20-22(29)27(23(30)33-20)13-21(28)26-16-7-5-15(25)6-8-16/h1,5-8,10-12H,4,9,13H2,2H3,(H,26,28)/b20-11-. The number of carbonyl (C=O) groups excluding carboxylic acids is 3. The smallest absolute Gasteiger partial charge is 0.294 e. The Morgan fingerprint density at radius 3 is 2.61 bits per heavy atom. The van der Waals surface area contributed by atoms with Crippen molar-refractivity contribution in [3.8, 4) is 23.8 Å². The zero-order valence-electron chi connectivity index (χ0n) is 17.4. The number of carbonyl (C=O) groups is 3. The summed E-state index contributed by atoms with van der Waals surface area (Å²) < 4.78 is 24.7. The Morgan fingerprint density at radius 1 is 1.24 bits per heavy atom. The number of ether oxygens (including phenoxy) is 2. The van der Waals surface area contributed by atoms with Gasteiger partial charge in [0.25, 0.3) is 11.1 Å². The lowest BCUT2D eigenvalue weighted by Gasteiger charge is -2.13. The number of halogens is 2. The first kappa shape index (κ1) is 24.4. The van der Waals surface area contributed by atoms with Crippen molar-refractivity contribution >= 4 is 56.5 Å². The van der Waals surface area contributed by atoms with Crippen LogP contribution in [0.4, 0.5) is 14.9 Å². The number of nitrogens with one attached hydrogen (secondary N) is 1. The first-order valence-electron chi connectivity index (χ1n) is 9.65. The summed E-state index contributed by atoms with van der Waals surface area (Å²) in [6.07, 6.45) is 6.77. The van der Waals surface area contributed by atoms with Gasteiger partial charge in [0.05, 0.1) is 11.5 Å². The van der Waals surface area contributed by atoms with Gasteiger partial charge in [-0.15, -0.1) is 6.42 Å². The number of amides is 3. The fourth-order valence-electron chi connectivity index (χ4n) is 2.82. The largest absolute Gasteiger partial charge is 0.490 e. The van der Waals surface area contributed by atoms with Crippen molar-refractivity contribution in [1.29, 1.82) is 0 Å². The van der Waals surface area contributed by atoms with E-state index in [-0.39, 0.29) is 11.5 Å². The van der Waals surface area contributed by atoms with Gasteiger partial charge in [-0.05, 0) is 66.7 Å². The molecule has 1 aliphatic rings. The molecule has 3 amide bonds. The fraction of sp³-hybridized carbons (Fsp3) is 0.174. The van der Waals surface area contributed by atoms with Gasteiger partial charge in [-0.3, -0.25) is 19.3 Å². The van der Waals surface area contributed by atoms with Gasteiger partial charge in [0.1, 0.15) is 19.0 Å². The number of hydrogen-bond acceptors (Lipinski definition) is 6. The molecule has 0 spiro atoms. The Kier molecular flexibility index (Phi) is 8.14. The van der Waals surface area contributed by atoms with Crippen LogP contribution in [0.3, 0.4) is 0 Å². The van der Waals surface area contributed by atoms with Crippen LogP contribution < -0.4 is 14.8 Å². The summed E-state index contributed by atoms with van der Waals surface area (Å²) in [4.78, 5) is 38.4. The molecule has 7 nitrogen and oxygen atoms in total. The summed E-state index contributed by atoms with van der Waals surface area (Å²) >= 11 is 4.14. The molecule has 0 unspecified atom stereocenters. The van der Waals surface area contributed by atoms with Crippen LogP contribution in [0.15, 0.2) is 45.8 Å². The predicted octanol–water partition coefficient (Wildman–Crippen LogP) is 4.67. The summed E-state index contributed by atoms with van der Waals surface area (Å²) in [5, 5.41) is 1.95. The van der Waals surface area contributed by atoms with E-state index in [1.807, 2.05) is 6.92 Å². The van der Waals surface area contributed by atoms with E-state index in [0.717, 1.165) is 16.7 Å². The number of hydrogen-bond donors (Lipinski definition) is 1. The number of nitrogens with zero attached hydrogens (tertiary/aromatic N) is 1. The lowest BCUT2D eigenvalue weighted by atomic mass is 10.2. The zero-order valence-corrected chi connectivity index (χ0v) is 19.8. The molecule has 1 heterocycles. The maximum atomic E-state index is 13.0. The Morgan fingerprint density at radius 2 is 1.94 bits per heavy atom. The van der Waals surface area contributed by atoms with E-state index in [1.54, 1.807) is 12.1 Å². The first-order valence-corrected chi connectivity index (χ1v) is 11.3. The van der Waals surface area contributed by atoms with Crippen molar-refractivity contribution in [1.82, 2.24) is 4.90 Å². The van der Waals surface area contributed by atoms with Crippen LogP contribution in [0.5, 0.6) is 11.5 Å². The Bertz CT molecular complexity index is 1160. The molecule has 0 radical (unpaired) electrons. The molecule has 170 valence electrons. The van der Waals surface area contributed by atoms with Crippen LogP contribution in [0.1, 0.15) is 12.5 Å². The van der Waals surface area contributed by atoms with Crippen LogP contribution in [-0.2, 0) is 9.59 Å². The number of rotatable bonds is 8. The van der Waals surface area contributed by atoms with E-state index >= 15 is 0 Å². The van der Waals surface area contributed by atoms with E-state index in [9.17, 15) is 18.8 Å². The Hall–Kier alpha value is -3.29. The summed E-state index contributed by atoms with van der Waals surface area (Å²) in [6, 6.07) is 8.46. The molecule has 1 N–H and O–H groups in total. The Labute approximate surface area is 202 Å². The first-order chi connectivity index (χ1) is 15.8. The molecule has 0 saturated carbocycles. The van der Waals surface area contributed by atoms with Crippen LogP contribution in [0.25, 0.3) is 6.08 Å². The normalized spacial score (nSPS) is 14.4. The molecule has 0 aliphatic carbocycles. The molecule has 3 rings (SSSR count). The molecule has 2 aromatic rings. The van der Waals surface area contributed by atoms with Crippen LogP contribution in [0, 0.1) is 18.2 Å². The summed E-state index contributed by atoms with van der Waals surface area (Å²) in [5.41, 5.74) is 0.927. The van der Waals surface area contributed by atoms with Crippen molar-refractivity contribution in [2.24, 2.45) is 0 Å². The molecule has 0 aromatic heterocycles. The summed E-state index contributed by atoms with van der Waals surface area (Å²) in [5.74, 6) is 1.62. The van der Waals surface area contributed by atoms with Crippen molar-refractivity contribution in [3.05, 3.63) is 57.2 Å². The maximum Gasteiger partial charge on any atom is 0.294 e. The molecule has 2 aromatic carbocycles. The molecule has 33 heavy (non-hydrogen) atoms. The van der Waals surface area contributed by atoms with Crippen LogP contribution in [0.2, 0.25) is 0 Å². The average molecular weight is 533 g/mol. The van der Waals surface area contributed by atoms with Gasteiger partial charge in [0.15, 0.2) is 11.5 Å². The third-order valence-corrected chi connectivity index (χ3v) is 5.86. The minimum Gasteiger partial charge on any atom is -0.490 e. The maximum absolute atomic E-state index is 13.0. The third-order valence-electron chi connectivity index (χ3n) is 4.26. The molecule has 1 aliphatic heterocycles. The van der Waals surface area contributed by atoms with Crippen molar-refractivity contribution in [2.75, 3.05) is 25.1 Å². The summed E-state index contributed by atoms with van der Waals surface area (Å²) in [7, 11) is 0. The van der Waals surface area contributed by atoms with Gasteiger partial charge < -0.3 is 14.8 Å². The average Bonchev–Trinajstić information content (AvgIpc) is 3.04. The van der Waals surface area contributed by atoms with Crippen LogP contribution >= 0.6 is 27.7 Å². The highest BCUT2D eigenvalue weighted by Gasteiger charge is 2.36. The molecule has 0 atom stereocenters. The molecular weight excluding hydrogens is 515 g/mol. The monoisotopic (exact) mass is 532 g/mol. The number of thioether (sulfide) groups is 1. The topological polar surface area (TPSA) is 84.9 Å². The van der Waals surface area contributed by atoms with Crippen molar-refractivity contribution < 1.29 is 28.2 Å². The number of imide groups is 1. The Balaban J connectivity index is 1.77. The lowest BCUT2D eigenvalue weighted by Crippen LogP contribution is -2.36.